The summed E-state index contributed by atoms with van der Waals surface area (Å²) in [5.41, 5.74) is 3.76. The van der Waals surface area contributed by atoms with Crippen LogP contribution in [0.4, 0.5) is 0 Å². The molecule has 4 heterocycles. The molecule has 2 bridgehead atoms. The van der Waals surface area contributed by atoms with E-state index >= 15 is 0 Å². The Morgan fingerprint density at radius 1 is 1.17 bits per heavy atom. The maximum atomic E-state index is 14.2. The molecule has 1 aliphatic carbocycles. The van der Waals surface area contributed by atoms with E-state index in [1.165, 1.54) is 23.4 Å². The number of aromatic nitrogens is 6. The van der Waals surface area contributed by atoms with Crippen LogP contribution >= 0.6 is 15.9 Å². The smallest absolute Gasteiger partial charge is 0.332 e. The minimum absolute atomic E-state index is 0.00000348. The maximum absolute atomic E-state index is 14.2. The Morgan fingerprint density at radius 3 is 2.68 bits per heavy atom. The van der Waals surface area contributed by atoms with Crippen LogP contribution < -0.4 is 11.2 Å². The molecule has 0 N–H and O–H groups in total. The minimum Gasteiger partial charge on any atom is -0.335 e. The lowest BCUT2D eigenvalue weighted by Crippen LogP contribution is -2.40. The van der Waals surface area contributed by atoms with Gasteiger partial charge in [0.15, 0.2) is 0 Å². The number of hydrogen-bond donors (Lipinski definition) is 0. The van der Waals surface area contributed by atoms with E-state index in [1.54, 1.807) is 7.05 Å². The van der Waals surface area contributed by atoms with E-state index in [-0.39, 0.29) is 23.9 Å². The van der Waals surface area contributed by atoms with Crippen LogP contribution in [-0.4, -0.2) is 52.5 Å². The average molecular weight is 621 g/mol. The van der Waals surface area contributed by atoms with Crippen molar-refractivity contribution in [3.05, 3.63) is 83.9 Å². The van der Waals surface area contributed by atoms with Gasteiger partial charge in [-0.15, -0.1) is 5.10 Å². The number of amides is 1. The standard InChI is InChI=1S/C30H34BrN7O3/c1-6-20-21(13-32-27-26(20)29(40)36(5)30(41)35(27)4)28(39)37-14-19-8-7-9-24(37)25(19)23-15-38(34-33-23)17(3)18-10-11-22(31)16(2)12-18/h10-13,15,17,19,24-25H,6-9,14H2,1-5H3/t17-,19?,24?,25?/m0/s1. The predicted molar refractivity (Wildman–Crippen MR) is 159 cm³/mol. The van der Waals surface area contributed by atoms with E-state index in [1.807, 2.05) is 22.7 Å². The van der Waals surface area contributed by atoms with Crippen molar-refractivity contribution >= 4 is 32.9 Å². The van der Waals surface area contributed by atoms with Crippen LogP contribution in [-0.2, 0) is 20.5 Å². The molecule has 10 nitrogen and oxygen atoms in total. The molecule has 11 heteroatoms. The fraction of sp³-hybridized carbons (Fsp3) is 0.467. The molecule has 3 aromatic heterocycles. The van der Waals surface area contributed by atoms with Crippen LogP contribution in [0.25, 0.3) is 11.0 Å². The van der Waals surface area contributed by atoms with Crippen LogP contribution in [0.3, 0.4) is 0 Å². The van der Waals surface area contributed by atoms with Crippen molar-refractivity contribution in [2.24, 2.45) is 20.0 Å². The molecule has 41 heavy (non-hydrogen) atoms. The van der Waals surface area contributed by atoms with Crippen molar-refractivity contribution in [1.29, 1.82) is 0 Å². The van der Waals surface area contributed by atoms with Crippen molar-refractivity contribution in [2.75, 3.05) is 6.54 Å². The fourth-order valence-electron chi connectivity index (χ4n) is 6.88. The molecule has 1 saturated carbocycles. The van der Waals surface area contributed by atoms with Crippen LogP contribution in [0.1, 0.15) is 77.8 Å². The Labute approximate surface area is 246 Å². The van der Waals surface area contributed by atoms with Gasteiger partial charge in [-0.25, -0.2) is 14.5 Å². The summed E-state index contributed by atoms with van der Waals surface area (Å²) in [5, 5.41) is 9.48. The number of halogens is 1. The van der Waals surface area contributed by atoms with Gasteiger partial charge in [0, 0.05) is 49.5 Å². The molecule has 1 amide bonds. The largest absolute Gasteiger partial charge is 0.335 e. The molecule has 6 rings (SSSR count). The Bertz CT molecular complexity index is 1810. The van der Waals surface area contributed by atoms with Gasteiger partial charge in [-0.1, -0.05) is 46.6 Å². The van der Waals surface area contributed by atoms with Crippen molar-refractivity contribution in [1.82, 2.24) is 34.0 Å². The lowest BCUT2D eigenvalue weighted by Gasteiger charge is -2.31. The van der Waals surface area contributed by atoms with Crippen molar-refractivity contribution < 1.29 is 4.79 Å². The minimum atomic E-state index is -0.440. The summed E-state index contributed by atoms with van der Waals surface area (Å²) in [7, 11) is 3.05. The first-order valence-corrected chi connectivity index (χ1v) is 15.0. The first-order chi connectivity index (χ1) is 19.6. The molecule has 0 spiro atoms. The summed E-state index contributed by atoms with van der Waals surface area (Å²) in [5.74, 6) is 0.283. The summed E-state index contributed by atoms with van der Waals surface area (Å²) in [6.07, 6.45) is 7.03. The third-order valence-corrected chi connectivity index (χ3v) is 10.1. The summed E-state index contributed by atoms with van der Waals surface area (Å²) in [6, 6.07) is 6.35. The van der Waals surface area contributed by atoms with Crippen LogP contribution in [0.2, 0.25) is 0 Å². The van der Waals surface area contributed by atoms with Gasteiger partial charge in [0.25, 0.3) is 11.5 Å². The first kappa shape index (κ1) is 27.6. The van der Waals surface area contributed by atoms with Gasteiger partial charge < -0.3 is 4.90 Å². The van der Waals surface area contributed by atoms with Gasteiger partial charge in [0.2, 0.25) is 0 Å². The quantitative estimate of drug-likeness (QED) is 0.335. The molecular formula is C30H34BrN7O3. The molecule has 4 atom stereocenters. The number of pyridine rings is 1. The number of hydrogen-bond acceptors (Lipinski definition) is 6. The van der Waals surface area contributed by atoms with Gasteiger partial charge in [0.1, 0.15) is 5.65 Å². The summed E-state index contributed by atoms with van der Waals surface area (Å²) >= 11 is 3.58. The number of fused-ring (bicyclic) bond motifs is 3. The molecule has 1 aliphatic heterocycles. The highest BCUT2D eigenvalue weighted by molar-refractivity contribution is 9.10. The Balaban J connectivity index is 1.34. The van der Waals surface area contributed by atoms with E-state index < -0.39 is 11.2 Å². The SMILES string of the molecule is CCc1c(C(=O)N2CC3CCCC2C3c2cn([C@@H](C)c3ccc(Br)c(C)c3)nn2)cnc2c1c(=O)n(C)c(=O)n2C. The second-order valence-electron chi connectivity index (χ2n) is 11.5. The molecule has 4 aromatic rings. The zero-order valence-electron chi connectivity index (χ0n) is 24.0. The Morgan fingerprint density at radius 2 is 1.95 bits per heavy atom. The highest BCUT2D eigenvalue weighted by Gasteiger charge is 2.48. The molecule has 0 radical (unpaired) electrons. The number of nitrogens with zero attached hydrogens (tertiary/aromatic N) is 7. The zero-order chi connectivity index (χ0) is 29.2. The number of carbonyl (C=O) groups is 1. The zero-order valence-corrected chi connectivity index (χ0v) is 25.6. The molecule has 2 fully saturated rings. The van der Waals surface area contributed by atoms with Gasteiger partial charge in [0.05, 0.1) is 22.7 Å². The molecular weight excluding hydrogens is 586 g/mol. The van der Waals surface area contributed by atoms with E-state index in [2.05, 4.69) is 63.3 Å². The Hall–Kier alpha value is -3.60. The molecule has 3 unspecified atom stereocenters. The third kappa shape index (κ3) is 4.36. The number of benzene rings is 1. The van der Waals surface area contributed by atoms with Crippen LogP contribution in [0.15, 0.2) is 44.7 Å². The summed E-state index contributed by atoms with van der Waals surface area (Å²) < 4.78 is 5.44. The van der Waals surface area contributed by atoms with E-state index in [0.717, 1.165) is 39.6 Å². The number of carbonyl (C=O) groups excluding carboxylic acids is 1. The second-order valence-corrected chi connectivity index (χ2v) is 12.3. The van der Waals surface area contributed by atoms with Gasteiger partial charge in [-0.3, -0.25) is 18.7 Å². The molecule has 1 aromatic carbocycles. The number of rotatable bonds is 5. The lowest BCUT2D eigenvalue weighted by atomic mass is 9.78. The number of aryl methyl sites for hydroxylation is 3. The Kier molecular flexibility index (Phi) is 6.96. The van der Waals surface area contributed by atoms with Crippen molar-refractivity contribution in [3.8, 4) is 0 Å². The molecule has 1 saturated heterocycles. The maximum Gasteiger partial charge on any atom is 0.332 e. The second kappa shape index (κ2) is 10.3. The number of likely N-dealkylation sites (tertiary alicyclic amines) is 1. The predicted octanol–water partition coefficient (Wildman–Crippen LogP) is 3.87. The molecule has 2 aliphatic rings. The monoisotopic (exact) mass is 619 g/mol. The lowest BCUT2D eigenvalue weighted by molar-refractivity contribution is 0.0724. The van der Waals surface area contributed by atoms with Crippen molar-refractivity contribution in [3.63, 3.8) is 0 Å². The topological polar surface area (TPSA) is 108 Å². The van der Waals surface area contributed by atoms with Crippen molar-refractivity contribution in [2.45, 2.75) is 64.5 Å². The highest BCUT2D eigenvalue weighted by atomic mass is 79.9. The fourth-order valence-corrected chi connectivity index (χ4v) is 7.13. The van der Waals surface area contributed by atoms with E-state index in [9.17, 15) is 14.4 Å². The normalized spacial score (nSPS) is 21.0. The van der Waals surface area contributed by atoms with Gasteiger partial charge >= 0.3 is 5.69 Å². The average Bonchev–Trinajstić information content (AvgIpc) is 3.54. The van der Waals surface area contributed by atoms with Crippen LogP contribution in [0.5, 0.6) is 0 Å². The van der Waals surface area contributed by atoms with Gasteiger partial charge in [-0.2, -0.15) is 0 Å². The molecule has 214 valence electrons. The first-order valence-electron chi connectivity index (χ1n) is 14.2. The van der Waals surface area contributed by atoms with Crippen LogP contribution in [0, 0.1) is 12.8 Å². The van der Waals surface area contributed by atoms with Gasteiger partial charge in [-0.05, 0) is 61.8 Å². The van der Waals surface area contributed by atoms with E-state index in [4.69, 9.17) is 0 Å². The third-order valence-electron chi connectivity index (χ3n) is 9.18. The summed E-state index contributed by atoms with van der Waals surface area (Å²) in [6.45, 7) is 6.75. The van der Waals surface area contributed by atoms with E-state index in [0.29, 0.717) is 41.0 Å². The summed E-state index contributed by atoms with van der Waals surface area (Å²) in [4.78, 5) is 46.2. The highest BCUT2D eigenvalue weighted by Crippen LogP contribution is 2.46.